The van der Waals surface area contributed by atoms with E-state index in [0.717, 1.165) is 6.42 Å². The summed E-state index contributed by atoms with van der Waals surface area (Å²) in [7, 11) is 0. The van der Waals surface area contributed by atoms with Crippen LogP contribution in [0.15, 0.2) is 30.3 Å². The van der Waals surface area contributed by atoms with Crippen molar-refractivity contribution in [3.8, 4) is 0 Å². The third-order valence-corrected chi connectivity index (χ3v) is 2.64. The van der Waals surface area contributed by atoms with Crippen LogP contribution < -0.4 is 0 Å². The van der Waals surface area contributed by atoms with Crippen LogP contribution in [0.25, 0.3) is 0 Å². The minimum Gasteiger partial charge on any atom is -0.355 e. The second kappa shape index (κ2) is 5.69. The Bertz CT molecular complexity index is 320. The van der Waals surface area contributed by atoms with Gasteiger partial charge in [-0.1, -0.05) is 30.3 Å². The Morgan fingerprint density at radius 3 is 2.00 bits per heavy atom. The van der Waals surface area contributed by atoms with Crippen molar-refractivity contribution in [2.45, 2.75) is 46.2 Å². The van der Waals surface area contributed by atoms with Gasteiger partial charge >= 0.3 is 0 Å². The average molecular weight is 218 g/mol. The molecule has 0 unspecified atom stereocenters. The number of hydrogen-bond donors (Lipinski definition) is 1. The zero-order valence-corrected chi connectivity index (χ0v) is 10.7. The van der Waals surface area contributed by atoms with Crippen molar-refractivity contribution in [2.75, 3.05) is 0 Å². The molecule has 1 aromatic rings. The predicted molar refractivity (Wildman–Crippen MR) is 70.0 cm³/mol. The highest BCUT2D eigenvalue weighted by atomic mass is 15.2. The van der Waals surface area contributed by atoms with Gasteiger partial charge < -0.3 is 4.90 Å². The summed E-state index contributed by atoms with van der Waals surface area (Å²) in [6.45, 7) is 8.55. The molecule has 0 fully saturated rings. The van der Waals surface area contributed by atoms with Crippen LogP contribution in [-0.4, -0.2) is 22.8 Å². The molecule has 2 nitrogen and oxygen atoms in total. The average Bonchev–Trinajstić information content (AvgIpc) is 2.17. The summed E-state index contributed by atoms with van der Waals surface area (Å²) < 4.78 is 0. The molecule has 2 heteroatoms. The number of rotatable bonds is 4. The molecule has 0 spiro atoms. The number of hydrogen-bond acceptors (Lipinski definition) is 1. The molecule has 0 bridgehead atoms. The monoisotopic (exact) mass is 218 g/mol. The van der Waals surface area contributed by atoms with Crippen molar-refractivity contribution in [3.05, 3.63) is 35.9 Å². The van der Waals surface area contributed by atoms with Crippen molar-refractivity contribution >= 4 is 5.84 Å². The summed E-state index contributed by atoms with van der Waals surface area (Å²) in [6, 6.07) is 11.0. The zero-order valence-electron chi connectivity index (χ0n) is 10.7. The van der Waals surface area contributed by atoms with Gasteiger partial charge in [0.2, 0.25) is 0 Å². The van der Waals surface area contributed by atoms with E-state index in [4.69, 9.17) is 5.41 Å². The van der Waals surface area contributed by atoms with E-state index in [1.54, 1.807) is 0 Å². The Kier molecular flexibility index (Phi) is 4.53. The van der Waals surface area contributed by atoms with Crippen LogP contribution in [0.3, 0.4) is 0 Å². The lowest BCUT2D eigenvalue weighted by Crippen LogP contribution is -2.42. The third-order valence-electron chi connectivity index (χ3n) is 2.64. The number of benzene rings is 1. The molecule has 0 heterocycles. The number of amidine groups is 1. The zero-order chi connectivity index (χ0) is 12.1. The Balaban J connectivity index is 2.70. The van der Waals surface area contributed by atoms with E-state index in [-0.39, 0.29) is 0 Å². The molecule has 0 aliphatic carbocycles. The summed E-state index contributed by atoms with van der Waals surface area (Å²) >= 11 is 0. The van der Waals surface area contributed by atoms with E-state index >= 15 is 0 Å². The second-order valence-electron chi connectivity index (χ2n) is 4.70. The van der Waals surface area contributed by atoms with E-state index in [0.29, 0.717) is 17.9 Å². The normalized spacial score (nSPS) is 10.9. The van der Waals surface area contributed by atoms with Crippen LogP contribution in [0.4, 0.5) is 0 Å². The minimum atomic E-state index is 0.385. The standard InChI is InChI=1S/C14H22N2/c1-11(2)16(12(3)4)14(15)10-13-8-6-5-7-9-13/h5-9,11-12,15H,10H2,1-4H3. The maximum atomic E-state index is 8.17. The molecule has 1 aromatic carbocycles. The van der Waals surface area contributed by atoms with Gasteiger partial charge in [0.05, 0.1) is 0 Å². The molecule has 0 aromatic heterocycles. The van der Waals surface area contributed by atoms with Gasteiger partial charge in [0.15, 0.2) is 0 Å². The van der Waals surface area contributed by atoms with E-state index < -0.39 is 0 Å². The van der Waals surface area contributed by atoms with E-state index in [1.165, 1.54) is 5.56 Å². The first-order valence-corrected chi connectivity index (χ1v) is 5.92. The maximum Gasteiger partial charge on any atom is 0.101 e. The summed E-state index contributed by atoms with van der Waals surface area (Å²) in [6.07, 6.45) is 0.719. The fraction of sp³-hybridized carbons (Fsp3) is 0.500. The predicted octanol–water partition coefficient (Wildman–Crippen LogP) is 3.33. The van der Waals surface area contributed by atoms with Gasteiger partial charge in [0.25, 0.3) is 0 Å². The van der Waals surface area contributed by atoms with Gasteiger partial charge in [-0.15, -0.1) is 0 Å². The molecule has 0 amide bonds. The molecule has 16 heavy (non-hydrogen) atoms. The summed E-state index contributed by atoms with van der Waals surface area (Å²) in [5.74, 6) is 0.705. The number of nitrogens with one attached hydrogen (secondary N) is 1. The molecular formula is C14H22N2. The highest BCUT2D eigenvalue weighted by Gasteiger charge is 2.16. The van der Waals surface area contributed by atoms with Gasteiger partial charge in [-0.2, -0.15) is 0 Å². The van der Waals surface area contributed by atoms with Gasteiger partial charge in [-0.25, -0.2) is 0 Å². The smallest absolute Gasteiger partial charge is 0.101 e. The number of nitrogens with zero attached hydrogens (tertiary/aromatic N) is 1. The summed E-state index contributed by atoms with van der Waals surface area (Å²) in [5, 5.41) is 8.17. The van der Waals surface area contributed by atoms with Gasteiger partial charge in [0, 0.05) is 18.5 Å². The van der Waals surface area contributed by atoms with E-state index in [2.05, 4.69) is 44.7 Å². The molecule has 0 atom stereocenters. The molecule has 0 saturated heterocycles. The van der Waals surface area contributed by atoms with Crippen molar-refractivity contribution < 1.29 is 0 Å². The molecule has 1 rings (SSSR count). The molecule has 0 aliphatic heterocycles. The van der Waals surface area contributed by atoms with E-state index in [9.17, 15) is 0 Å². The molecule has 0 saturated carbocycles. The third kappa shape index (κ3) is 3.37. The topological polar surface area (TPSA) is 27.1 Å². The Morgan fingerprint density at radius 2 is 1.56 bits per heavy atom. The van der Waals surface area contributed by atoms with Crippen LogP contribution in [0.1, 0.15) is 33.3 Å². The van der Waals surface area contributed by atoms with Crippen LogP contribution in [0.5, 0.6) is 0 Å². The largest absolute Gasteiger partial charge is 0.355 e. The van der Waals surface area contributed by atoms with Crippen molar-refractivity contribution in [2.24, 2.45) is 0 Å². The second-order valence-corrected chi connectivity index (χ2v) is 4.70. The van der Waals surface area contributed by atoms with Crippen molar-refractivity contribution in [1.29, 1.82) is 5.41 Å². The Morgan fingerprint density at radius 1 is 1.06 bits per heavy atom. The summed E-state index contributed by atoms with van der Waals surface area (Å²) in [4.78, 5) is 2.16. The van der Waals surface area contributed by atoms with Gasteiger partial charge in [-0.05, 0) is 33.3 Å². The molecule has 88 valence electrons. The lowest BCUT2D eigenvalue weighted by Gasteiger charge is -2.33. The van der Waals surface area contributed by atoms with Crippen LogP contribution >= 0.6 is 0 Å². The lowest BCUT2D eigenvalue weighted by atomic mass is 10.1. The van der Waals surface area contributed by atoms with Gasteiger partial charge in [-0.3, -0.25) is 5.41 Å². The van der Waals surface area contributed by atoms with Crippen molar-refractivity contribution in [3.63, 3.8) is 0 Å². The fourth-order valence-corrected chi connectivity index (χ4v) is 2.10. The maximum absolute atomic E-state index is 8.17. The van der Waals surface area contributed by atoms with Gasteiger partial charge in [0.1, 0.15) is 5.84 Å². The highest BCUT2D eigenvalue weighted by Crippen LogP contribution is 2.10. The summed E-state index contributed by atoms with van der Waals surface area (Å²) in [5.41, 5.74) is 1.21. The quantitative estimate of drug-likeness (QED) is 0.609. The van der Waals surface area contributed by atoms with Crippen LogP contribution in [0.2, 0.25) is 0 Å². The molecule has 0 radical (unpaired) electrons. The first-order chi connectivity index (χ1) is 7.52. The van der Waals surface area contributed by atoms with E-state index in [1.807, 2.05) is 18.2 Å². The first kappa shape index (κ1) is 12.8. The molecule has 0 aliphatic rings. The van der Waals surface area contributed by atoms with Crippen LogP contribution in [-0.2, 0) is 6.42 Å². The van der Waals surface area contributed by atoms with Crippen molar-refractivity contribution in [1.82, 2.24) is 4.90 Å². The van der Waals surface area contributed by atoms with Crippen LogP contribution in [0, 0.1) is 5.41 Å². The Hall–Kier alpha value is -1.31. The SMILES string of the molecule is CC(C)N(C(=N)Cc1ccccc1)C(C)C. The lowest BCUT2D eigenvalue weighted by molar-refractivity contribution is 0.286. The fourth-order valence-electron chi connectivity index (χ4n) is 2.10. The first-order valence-electron chi connectivity index (χ1n) is 5.92. The highest BCUT2D eigenvalue weighted by molar-refractivity contribution is 5.82. The molecular weight excluding hydrogens is 196 g/mol. The Labute approximate surface area is 98.8 Å². The minimum absolute atomic E-state index is 0.385. The molecule has 1 N–H and O–H groups in total.